The highest BCUT2D eigenvalue weighted by Gasteiger charge is 2.26. The summed E-state index contributed by atoms with van der Waals surface area (Å²) in [5.41, 5.74) is 2.16. The lowest BCUT2D eigenvalue weighted by atomic mass is 10.1. The second-order valence-corrected chi connectivity index (χ2v) is 8.89. The number of carbonyl (C=O) groups is 1. The molecule has 0 N–H and O–H groups in total. The Labute approximate surface area is 220 Å². The summed E-state index contributed by atoms with van der Waals surface area (Å²) in [6.45, 7) is 1.76. The van der Waals surface area contributed by atoms with E-state index in [1.54, 1.807) is 37.3 Å². The summed E-state index contributed by atoms with van der Waals surface area (Å²) in [5, 5.41) is 12.1. The zero-order chi connectivity index (χ0) is 26.0. The van der Waals surface area contributed by atoms with E-state index in [1.807, 2.05) is 0 Å². The van der Waals surface area contributed by atoms with Crippen molar-refractivity contribution < 1.29 is 23.9 Å². The number of carbonyl (C=O) groups excluding carboxylic acids is 1. The van der Waals surface area contributed by atoms with E-state index < -0.39 is 10.9 Å². The van der Waals surface area contributed by atoms with Crippen LogP contribution >= 0.6 is 34.8 Å². The molecule has 8 nitrogen and oxygen atoms in total. The number of hydrogen-bond donors (Lipinski definition) is 0. The van der Waals surface area contributed by atoms with E-state index in [1.165, 1.54) is 31.4 Å². The predicted octanol–water partition coefficient (Wildman–Crippen LogP) is 6.80. The molecule has 3 aromatic rings. The van der Waals surface area contributed by atoms with E-state index in [-0.39, 0.29) is 28.9 Å². The van der Waals surface area contributed by atoms with Crippen LogP contribution in [0.15, 0.2) is 59.2 Å². The van der Waals surface area contributed by atoms with E-state index >= 15 is 0 Å². The van der Waals surface area contributed by atoms with Crippen molar-refractivity contribution in [3.8, 4) is 11.5 Å². The zero-order valence-electron chi connectivity index (χ0n) is 18.9. The Hall–Kier alpha value is -3.59. The van der Waals surface area contributed by atoms with Crippen LogP contribution in [0.3, 0.4) is 0 Å². The average Bonchev–Trinajstić information content (AvgIpc) is 3.19. The number of hydrogen-bond acceptors (Lipinski definition) is 7. The molecule has 1 heterocycles. The lowest BCUT2D eigenvalue weighted by Gasteiger charge is -2.14. The molecule has 0 saturated carbocycles. The summed E-state index contributed by atoms with van der Waals surface area (Å²) in [4.78, 5) is 27.2. The van der Waals surface area contributed by atoms with Gasteiger partial charge in [0, 0.05) is 17.2 Å². The Kier molecular flexibility index (Phi) is 7.49. The van der Waals surface area contributed by atoms with Crippen LogP contribution < -0.4 is 9.47 Å². The van der Waals surface area contributed by atoms with Crippen molar-refractivity contribution in [3.63, 3.8) is 0 Å². The van der Waals surface area contributed by atoms with Crippen LogP contribution in [0, 0.1) is 17.0 Å². The molecule has 11 heteroatoms. The molecule has 0 radical (unpaired) electrons. The number of methoxy groups -OCH3 is 1. The Morgan fingerprint density at radius 3 is 2.50 bits per heavy atom. The molecule has 4 rings (SSSR count). The van der Waals surface area contributed by atoms with Crippen molar-refractivity contribution in [2.45, 2.75) is 13.5 Å². The quantitative estimate of drug-likeness (QED) is 0.140. The molecule has 0 aliphatic carbocycles. The van der Waals surface area contributed by atoms with Crippen LogP contribution in [-0.2, 0) is 16.1 Å². The normalized spacial score (nSPS) is 14.0. The monoisotopic (exact) mass is 546 g/mol. The van der Waals surface area contributed by atoms with Gasteiger partial charge in [-0.25, -0.2) is 9.79 Å². The van der Waals surface area contributed by atoms with Gasteiger partial charge in [-0.05, 0) is 60.5 Å². The molecule has 36 heavy (non-hydrogen) atoms. The van der Waals surface area contributed by atoms with Crippen LogP contribution in [0.2, 0.25) is 15.1 Å². The number of nitrogens with zero attached hydrogens (tertiary/aromatic N) is 2. The minimum Gasteiger partial charge on any atom is -0.493 e. The van der Waals surface area contributed by atoms with Gasteiger partial charge in [-0.3, -0.25) is 10.1 Å². The van der Waals surface area contributed by atoms with Crippen LogP contribution in [-0.4, -0.2) is 23.9 Å². The number of aryl methyl sites for hydroxylation is 1. The summed E-state index contributed by atoms with van der Waals surface area (Å²) in [6, 6.07) is 12.7. The summed E-state index contributed by atoms with van der Waals surface area (Å²) in [5.74, 6) is 0.0304. The summed E-state index contributed by atoms with van der Waals surface area (Å²) < 4.78 is 16.6. The van der Waals surface area contributed by atoms with Gasteiger partial charge in [0.05, 0.1) is 27.1 Å². The van der Waals surface area contributed by atoms with Crippen molar-refractivity contribution in [2.75, 3.05) is 7.11 Å². The second-order valence-electron chi connectivity index (χ2n) is 7.67. The van der Waals surface area contributed by atoms with E-state index in [9.17, 15) is 14.9 Å². The van der Waals surface area contributed by atoms with Gasteiger partial charge in [0.25, 0.3) is 5.69 Å². The smallest absolute Gasteiger partial charge is 0.363 e. The molecule has 0 aromatic heterocycles. The molecule has 0 saturated heterocycles. The van der Waals surface area contributed by atoms with E-state index in [0.29, 0.717) is 38.2 Å². The molecule has 0 atom stereocenters. The number of aliphatic imine (C=N–C) groups is 1. The Morgan fingerprint density at radius 1 is 1.06 bits per heavy atom. The first-order valence-corrected chi connectivity index (χ1v) is 11.5. The average molecular weight is 548 g/mol. The maximum absolute atomic E-state index is 12.4. The van der Waals surface area contributed by atoms with Crippen molar-refractivity contribution in [1.29, 1.82) is 0 Å². The molecule has 3 aromatic carbocycles. The Balaban J connectivity index is 1.59. The van der Waals surface area contributed by atoms with Gasteiger partial charge in [0.15, 0.2) is 17.2 Å². The van der Waals surface area contributed by atoms with Gasteiger partial charge in [0.2, 0.25) is 5.90 Å². The van der Waals surface area contributed by atoms with Gasteiger partial charge in [-0.2, -0.15) is 0 Å². The first kappa shape index (κ1) is 25.5. The number of benzene rings is 3. The van der Waals surface area contributed by atoms with Crippen molar-refractivity contribution in [1.82, 2.24) is 0 Å². The highest BCUT2D eigenvalue weighted by atomic mass is 35.5. The van der Waals surface area contributed by atoms with Crippen molar-refractivity contribution in [2.24, 2.45) is 4.99 Å². The molecule has 0 spiro atoms. The molecule has 184 valence electrons. The third kappa shape index (κ3) is 5.46. The standard InChI is InChI=1S/C25H17Cl3N2O6/c1-13-7-16(4-6-21(13)30(32)33)24-29-20(25(31)36-24)10-15-9-19(28)23(22(11-15)34-2)35-12-14-3-5-17(26)18(27)8-14/h3-11H,12H2,1-2H3/b20-10-. The van der Waals surface area contributed by atoms with Gasteiger partial charge in [-0.1, -0.05) is 40.9 Å². The number of halogens is 3. The second kappa shape index (κ2) is 10.6. The Morgan fingerprint density at radius 2 is 1.83 bits per heavy atom. The van der Waals surface area contributed by atoms with Gasteiger partial charge >= 0.3 is 5.97 Å². The van der Waals surface area contributed by atoms with E-state index in [2.05, 4.69) is 4.99 Å². The van der Waals surface area contributed by atoms with Crippen LogP contribution in [0.5, 0.6) is 11.5 Å². The lowest BCUT2D eigenvalue weighted by Crippen LogP contribution is -2.06. The molecular formula is C25H17Cl3N2O6. The number of esters is 1. The van der Waals surface area contributed by atoms with Crippen LogP contribution in [0.4, 0.5) is 5.69 Å². The summed E-state index contributed by atoms with van der Waals surface area (Å²) >= 11 is 18.5. The third-order valence-electron chi connectivity index (χ3n) is 5.18. The van der Waals surface area contributed by atoms with Crippen molar-refractivity contribution >= 4 is 58.4 Å². The molecule has 1 aliphatic rings. The summed E-state index contributed by atoms with van der Waals surface area (Å²) in [6.07, 6.45) is 1.49. The molecule has 0 fully saturated rings. The largest absolute Gasteiger partial charge is 0.493 e. The maximum Gasteiger partial charge on any atom is 0.363 e. The fourth-order valence-corrected chi connectivity index (χ4v) is 4.03. The topological polar surface area (TPSA) is 100 Å². The third-order valence-corrected chi connectivity index (χ3v) is 6.20. The minimum atomic E-state index is -0.670. The molecule has 0 amide bonds. The number of rotatable bonds is 7. The molecule has 0 bridgehead atoms. The molecule has 1 aliphatic heterocycles. The Bertz CT molecular complexity index is 1450. The highest BCUT2D eigenvalue weighted by Crippen LogP contribution is 2.38. The number of ether oxygens (including phenoxy) is 3. The SMILES string of the molecule is COc1cc(/C=C2\N=C(c3ccc([N+](=O)[O-])c(C)c3)OC2=O)cc(Cl)c1OCc1ccc(Cl)c(Cl)c1. The fraction of sp³-hybridized carbons (Fsp3) is 0.120. The number of cyclic esters (lactones) is 1. The first-order valence-electron chi connectivity index (χ1n) is 10.4. The minimum absolute atomic E-state index is 0.0311. The number of nitro benzene ring substituents is 1. The van der Waals surface area contributed by atoms with E-state index in [4.69, 9.17) is 49.0 Å². The van der Waals surface area contributed by atoms with Gasteiger partial charge in [0.1, 0.15) is 6.61 Å². The summed E-state index contributed by atoms with van der Waals surface area (Å²) in [7, 11) is 1.46. The molecular weight excluding hydrogens is 531 g/mol. The highest BCUT2D eigenvalue weighted by molar-refractivity contribution is 6.42. The zero-order valence-corrected chi connectivity index (χ0v) is 21.1. The van der Waals surface area contributed by atoms with Gasteiger partial charge < -0.3 is 14.2 Å². The first-order chi connectivity index (χ1) is 17.2. The van der Waals surface area contributed by atoms with Crippen LogP contribution in [0.25, 0.3) is 6.08 Å². The molecule has 0 unspecified atom stereocenters. The lowest BCUT2D eigenvalue weighted by molar-refractivity contribution is -0.385. The predicted molar refractivity (Wildman–Crippen MR) is 137 cm³/mol. The fourth-order valence-electron chi connectivity index (χ4n) is 3.43. The van der Waals surface area contributed by atoms with Crippen molar-refractivity contribution in [3.05, 3.63) is 102 Å². The van der Waals surface area contributed by atoms with E-state index in [0.717, 1.165) is 5.56 Å². The maximum atomic E-state index is 12.4. The van der Waals surface area contributed by atoms with Crippen LogP contribution in [0.1, 0.15) is 22.3 Å². The number of nitro groups is 1. The van der Waals surface area contributed by atoms with Gasteiger partial charge in [-0.15, -0.1) is 0 Å².